The second-order valence-electron chi connectivity index (χ2n) is 10.9. The van der Waals surface area contributed by atoms with Crippen molar-refractivity contribution in [2.24, 2.45) is 0 Å². The van der Waals surface area contributed by atoms with Gasteiger partial charge in [0.25, 0.3) is 0 Å². The second-order valence-corrected chi connectivity index (χ2v) is 10.9. The molecule has 5 aliphatic heterocycles. The lowest BCUT2D eigenvalue weighted by atomic mass is 9.91. The van der Waals surface area contributed by atoms with Crippen LogP contribution in [0.3, 0.4) is 0 Å². The molecule has 3 atom stereocenters. The summed E-state index contributed by atoms with van der Waals surface area (Å²) in [7, 11) is 0. The van der Waals surface area contributed by atoms with Gasteiger partial charge in [0.2, 0.25) is 5.95 Å². The predicted octanol–water partition coefficient (Wildman–Crippen LogP) is 2.08. The summed E-state index contributed by atoms with van der Waals surface area (Å²) in [5, 5.41) is 11.1. The number of pyridine rings is 1. The Morgan fingerprint density at radius 2 is 1.86 bits per heavy atom. The van der Waals surface area contributed by atoms with Crippen molar-refractivity contribution in [1.82, 2.24) is 40.3 Å². The Labute approximate surface area is 216 Å². The van der Waals surface area contributed by atoms with Gasteiger partial charge in [0, 0.05) is 69.7 Å². The van der Waals surface area contributed by atoms with Crippen LogP contribution in [0.5, 0.6) is 0 Å². The van der Waals surface area contributed by atoms with Crippen LogP contribution in [0.1, 0.15) is 32.6 Å². The van der Waals surface area contributed by atoms with Gasteiger partial charge in [0.15, 0.2) is 0 Å². The highest BCUT2D eigenvalue weighted by Gasteiger charge is 2.43. The summed E-state index contributed by atoms with van der Waals surface area (Å²) in [6, 6.07) is 5.28. The molecule has 3 unspecified atom stereocenters. The number of aromatic amines is 1. The van der Waals surface area contributed by atoms with E-state index in [1.807, 2.05) is 17.3 Å². The summed E-state index contributed by atoms with van der Waals surface area (Å²) in [6.07, 6.45) is 8.06. The van der Waals surface area contributed by atoms with Gasteiger partial charge in [-0.1, -0.05) is 0 Å². The maximum absolute atomic E-state index is 13.1. The second kappa shape index (κ2) is 9.13. The number of carbonyl (C=O) groups excluding carboxylic acids is 1. The molecule has 0 radical (unpaired) electrons. The SMILES string of the molecule is CC1CN(c2ccc(-c3n[nH]c4cnc(N5CC6CCC5CN6C(=O)N5CCCC5)nc34)cn2)CCN1. The third kappa shape index (κ3) is 4.05. The van der Waals surface area contributed by atoms with Crippen molar-refractivity contribution in [2.75, 3.05) is 55.6 Å². The monoisotopic (exact) mass is 502 g/mol. The number of aromatic nitrogens is 5. The highest BCUT2D eigenvalue weighted by atomic mass is 16.2. The number of anilines is 2. The Hall–Kier alpha value is -3.47. The number of nitrogens with one attached hydrogen (secondary N) is 2. The van der Waals surface area contributed by atoms with Gasteiger partial charge in [-0.3, -0.25) is 5.10 Å². The largest absolute Gasteiger partial charge is 0.354 e. The Kier molecular flexibility index (Phi) is 5.60. The van der Waals surface area contributed by atoms with Gasteiger partial charge in [-0.2, -0.15) is 5.10 Å². The number of hydrogen-bond donors (Lipinski definition) is 2. The molecule has 11 nitrogen and oxygen atoms in total. The van der Waals surface area contributed by atoms with E-state index in [1.54, 1.807) is 0 Å². The van der Waals surface area contributed by atoms with Crippen molar-refractivity contribution in [1.29, 1.82) is 0 Å². The average Bonchev–Trinajstić information content (AvgIpc) is 3.63. The molecule has 0 spiro atoms. The summed E-state index contributed by atoms with van der Waals surface area (Å²) in [5.41, 5.74) is 3.35. The molecule has 2 bridgehead atoms. The number of amides is 2. The smallest absolute Gasteiger partial charge is 0.320 e. The zero-order chi connectivity index (χ0) is 24.9. The quantitative estimate of drug-likeness (QED) is 0.560. The molecular formula is C26H34N10O. The molecular weight excluding hydrogens is 468 g/mol. The average molecular weight is 503 g/mol. The number of urea groups is 1. The standard InChI is InChI=1S/C26H34N10O/c1-17-14-34(11-8-27-17)22-7-4-18(12-28-22)23-24-21(31-32-23)13-29-25(30-24)35-15-20-6-5-19(35)16-36(20)26(37)33-9-2-3-10-33/h4,7,12-13,17,19-20,27H,2-3,5-6,8-11,14-16H2,1H3,(H,31,32). The van der Waals surface area contributed by atoms with Gasteiger partial charge in [0.05, 0.1) is 12.2 Å². The molecule has 5 saturated heterocycles. The van der Waals surface area contributed by atoms with E-state index in [0.717, 1.165) is 106 Å². The number of likely N-dealkylation sites (tertiary alicyclic amines) is 1. The molecule has 2 amide bonds. The molecule has 5 fully saturated rings. The van der Waals surface area contributed by atoms with Gasteiger partial charge in [-0.25, -0.2) is 19.7 Å². The summed E-state index contributed by atoms with van der Waals surface area (Å²) in [5.74, 6) is 1.71. The highest BCUT2D eigenvalue weighted by molar-refractivity contribution is 5.89. The van der Waals surface area contributed by atoms with E-state index in [-0.39, 0.29) is 18.1 Å². The van der Waals surface area contributed by atoms with E-state index in [1.165, 1.54) is 0 Å². The van der Waals surface area contributed by atoms with Gasteiger partial charge in [-0.05, 0) is 44.7 Å². The number of fused-ring (bicyclic) bond motifs is 4. The molecule has 2 N–H and O–H groups in total. The number of piperazine rings is 2. The van der Waals surface area contributed by atoms with E-state index in [4.69, 9.17) is 9.97 Å². The van der Waals surface area contributed by atoms with Gasteiger partial charge < -0.3 is 24.9 Å². The van der Waals surface area contributed by atoms with Gasteiger partial charge in [-0.15, -0.1) is 0 Å². The topological polar surface area (TPSA) is 109 Å². The molecule has 37 heavy (non-hydrogen) atoms. The number of H-pyrrole nitrogens is 1. The van der Waals surface area contributed by atoms with E-state index in [9.17, 15) is 4.79 Å². The van der Waals surface area contributed by atoms with Crippen molar-refractivity contribution < 1.29 is 4.79 Å². The van der Waals surface area contributed by atoms with Crippen LogP contribution in [0.25, 0.3) is 22.3 Å². The molecule has 8 heterocycles. The fourth-order valence-electron chi connectivity index (χ4n) is 6.39. The van der Waals surface area contributed by atoms with Crippen molar-refractivity contribution in [3.05, 3.63) is 24.5 Å². The number of nitrogens with zero attached hydrogens (tertiary/aromatic N) is 8. The summed E-state index contributed by atoms with van der Waals surface area (Å²) in [6.45, 7) is 8.39. The Morgan fingerprint density at radius 1 is 1.00 bits per heavy atom. The maximum Gasteiger partial charge on any atom is 0.320 e. The lowest BCUT2D eigenvalue weighted by Crippen LogP contribution is -2.66. The lowest BCUT2D eigenvalue weighted by Gasteiger charge is -2.52. The summed E-state index contributed by atoms with van der Waals surface area (Å²) < 4.78 is 0. The first kappa shape index (κ1) is 22.7. The van der Waals surface area contributed by atoms with E-state index in [0.29, 0.717) is 6.04 Å². The molecule has 0 aromatic carbocycles. The summed E-state index contributed by atoms with van der Waals surface area (Å²) >= 11 is 0. The van der Waals surface area contributed by atoms with E-state index < -0.39 is 0 Å². The lowest BCUT2D eigenvalue weighted by molar-refractivity contribution is 0.0929. The van der Waals surface area contributed by atoms with Crippen LogP contribution in [-0.4, -0.2) is 105 Å². The molecule has 11 heteroatoms. The van der Waals surface area contributed by atoms with Crippen LogP contribution in [0.2, 0.25) is 0 Å². The van der Waals surface area contributed by atoms with Crippen molar-refractivity contribution in [2.45, 2.75) is 50.7 Å². The first-order valence-electron chi connectivity index (χ1n) is 13.6. The summed E-state index contributed by atoms with van der Waals surface area (Å²) in [4.78, 5) is 36.3. The minimum atomic E-state index is 0.214. The van der Waals surface area contributed by atoms with Crippen LogP contribution >= 0.6 is 0 Å². The number of carbonyl (C=O) groups is 1. The fourth-order valence-corrected chi connectivity index (χ4v) is 6.39. The van der Waals surface area contributed by atoms with Gasteiger partial charge >= 0.3 is 6.03 Å². The Balaban J connectivity index is 1.12. The molecule has 5 aliphatic rings. The van der Waals surface area contributed by atoms with E-state index >= 15 is 0 Å². The van der Waals surface area contributed by atoms with Crippen molar-refractivity contribution in [3.63, 3.8) is 0 Å². The van der Waals surface area contributed by atoms with E-state index in [2.05, 4.69) is 54.3 Å². The van der Waals surface area contributed by atoms with Crippen LogP contribution < -0.4 is 15.1 Å². The van der Waals surface area contributed by atoms with Crippen LogP contribution in [0.4, 0.5) is 16.6 Å². The Morgan fingerprint density at radius 3 is 2.62 bits per heavy atom. The first-order chi connectivity index (χ1) is 18.1. The zero-order valence-corrected chi connectivity index (χ0v) is 21.3. The number of rotatable bonds is 3. The minimum Gasteiger partial charge on any atom is -0.354 e. The normalized spacial score (nSPS) is 25.9. The van der Waals surface area contributed by atoms with Crippen LogP contribution in [-0.2, 0) is 0 Å². The number of hydrogen-bond acceptors (Lipinski definition) is 8. The molecule has 194 valence electrons. The molecule has 8 rings (SSSR count). The van der Waals surface area contributed by atoms with Gasteiger partial charge in [0.1, 0.15) is 22.5 Å². The molecule has 0 saturated carbocycles. The first-order valence-corrected chi connectivity index (χ1v) is 13.6. The van der Waals surface area contributed by atoms with Crippen LogP contribution in [0.15, 0.2) is 24.5 Å². The molecule has 0 aliphatic carbocycles. The zero-order valence-electron chi connectivity index (χ0n) is 21.3. The molecule has 3 aromatic rings. The highest BCUT2D eigenvalue weighted by Crippen LogP contribution is 2.34. The van der Waals surface area contributed by atoms with Crippen LogP contribution in [0, 0.1) is 0 Å². The third-order valence-electron chi connectivity index (χ3n) is 8.41. The van der Waals surface area contributed by atoms with Crippen molar-refractivity contribution >= 4 is 28.8 Å². The minimum absolute atomic E-state index is 0.214. The third-order valence-corrected chi connectivity index (χ3v) is 8.41. The fraction of sp³-hybridized carbons (Fsp3) is 0.577. The maximum atomic E-state index is 13.1. The Bertz CT molecular complexity index is 1290. The van der Waals surface area contributed by atoms with Crippen molar-refractivity contribution in [3.8, 4) is 11.3 Å². The number of piperidine rings is 2. The predicted molar refractivity (Wildman–Crippen MR) is 142 cm³/mol. The molecule has 3 aromatic heterocycles.